The lowest BCUT2D eigenvalue weighted by molar-refractivity contribution is 0.0691. The number of aromatic nitrogens is 2. The average molecular weight is 335 g/mol. The van der Waals surface area contributed by atoms with Crippen LogP contribution in [-0.2, 0) is 19.7 Å². The molecule has 2 heterocycles. The Morgan fingerprint density at radius 3 is 2.88 bits per heavy atom. The van der Waals surface area contributed by atoms with Gasteiger partial charge in [-0.3, -0.25) is 0 Å². The van der Waals surface area contributed by atoms with Gasteiger partial charge in [0.1, 0.15) is 18.2 Å². The molecule has 0 atom stereocenters. The summed E-state index contributed by atoms with van der Waals surface area (Å²) in [5.41, 5.74) is 3.24. The largest absolute Gasteiger partial charge is 0.489 e. The van der Waals surface area contributed by atoms with E-state index in [0.29, 0.717) is 25.5 Å². The second-order valence-corrected chi connectivity index (χ2v) is 5.92. The Morgan fingerprint density at radius 1 is 1.24 bits per heavy atom. The molecule has 2 aromatic carbocycles. The van der Waals surface area contributed by atoms with Gasteiger partial charge in [0.2, 0.25) is 0 Å². The number of carboxylic acid groups (broad SMARTS) is 1. The Labute approximate surface area is 144 Å². The molecule has 1 aromatic heterocycles. The summed E-state index contributed by atoms with van der Waals surface area (Å²) in [4.78, 5) is 15.2. The van der Waals surface area contributed by atoms with E-state index in [0.717, 1.165) is 22.6 Å². The summed E-state index contributed by atoms with van der Waals surface area (Å²) in [7, 11) is 0. The van der Waals surface area contributed by atoms with Gasteiger partial charge in [-0.05, 0) is 17.2 Å². The van der Waals surface area contributed by atoms with Gasteiger partial charge in [-0.25, -0.2) is 9.78 Å². The number of nitrogens with zero attached hydrogens (tertiary/aromatic N) is 2. The van der Waals surface area contributed by atoms with Crippen LogP contribution in [0, 0.1) is 0 Å². The van der Waals surface area contributed by atoms with Gasteiger partial charge >= 0.3 is 5.97 Å². The van der Waals surface area contributed by atoms with Gasteiger partial charge in [0.25, 0.3) is 0 Å². The van der Waals surface area contributed by atoms with E-state index in [9.17, 15) is 4.79 Å². The fourth-order valence-electron chi connectivity index (χ4n) is 2.88. The number of hydrogen-bond donors (Lipinski definition) is 2. The zero-order valence-electron chi connectivity index (χ0n) is 13.5. The molecule has 0 spiro atoms. The topological polar surface area (TPSA) is 76.4 Å². The molecule has 0 saturated heterocycles. The van der Waals surface area contributed by atoms with Gasteiger partial charge in [-0.1, -0.05) is 36.4 Å². The highest BCUT2D eigenvalue weighted by Crippen LogP contribution is 2.27. The van der Waals surface area contributed by atoms with E-state index >= 15 is 0 Å². The summed E-state index contributed by atoms with van der Waals surface area (Å²) in [5.74, 6) is 0.492. The van der Waals surface area contributed by atoms with E-state index in [1.807, 2.05) is 53.1 Å². The molecule has 0 bridgehead atoms. The van der Waals surface area contributed by atoms with E-state index in [1.54, 1.807) is 6.20 Å². The third-order valence-electron chi connectivity index (χ3n) is 4.19. The monoisotopic (exact) mass is 335 g/mol. The summed E-state index contributed by atoms with van der Waals surface area (Å²) in [6.45, 7) is 1.57. The van der Waals surface area contributed by atoms with Gasteiger partial charge < -0.3 is 19.7 Å². The number of aromatic carboxylic acids is 1. The van der Waals surface area contributed by atoms with Crippen molar-refractivity contribution in [1.29, 1.82) is 0 Å². The molecule has 0 fully saturated rings. The summed E-state index contributed by atoms with van der Waals surface area (Å²) >= 11 is 0. The van der Waals surface area contributed by atoms with Crippen molar-refractivity contribution >= 4 is 11.7 Å². The highest BCUT2D eigenvalue weighted by atomic mass is 16.5. The van der Waals surface area contributed by atoms with Crippen LogP contribution in [0.5, 0.6) is 5.75 Å². The third-order valence-corrected chi connectivity index (χ3v) is 4.19. The van der Waals surface area contributed by atoms with Crippen LogP contribution in [0.3, 0.4) is 0 Å². The average Bonchev–Trinajstić information content (AvgIpc) is 2.96. The normalized spacial score (nSPS) is 12.5. The maximum absolute atomic E-state index is 11.1. The molecule has 3 aromatic rings. The molecule has 0 aliphatic carbocycles. The van der Waals surface area contributed by atoms with Crippen LogP contribution in [0.25, 0.3) is 0 Å². The number of imidazole rings is 1. The summed E-state index contributed by atoms with van der Waals surface area (Å²) in [6, 6.07) is 15.9. The van der Waals surface area contributed by atoms with Crippen LogP contribution in [-0.4, -0.2) is 20.6 Å². The molecule has 6 heteroatoms. The van der Waals surface area contributed by atoms with E-state index < -0.39 is 5.97 Å². The Hall–Kier alpha value is -3.28. The number of fused-ring (bicyclic) bond motifs is 2. The molecule has 0 radical (unpaired) electrons. The molecule has 2 N–H and O–H groups in total. The van der Waals surface area contributed by atoms with Crippen LogP contribution in [0.15, 0.2) is 54.7 Å². The van der Waals surface area contributed by atoms with E-state index in [2.05, 4.69) is 10.3 Å². The van der Waals surface area contributed by atoms with Crippen molar-refractivity contribution in [1.82, 2.24) is 9.55 Å². The zero-order valence-corrected chi connectivity index (χ0v) is 13.5. The van der Waals surface area contributed by atoms with Crippen molar-refractivity contribution in [3.05, 3.63) is 77.4 Å². The Kier molecular flexibility index (Phi) is 3.85. The quantitative estimate of drug-likeness (QED) is 0.766. The summed E-state index contributed by atoms with van der Waals surface area (Å²) < 4.78 is 7.74. The van der Waals surface area contributed by atoms with Crippen molar-refractivity contribution in [2.24, 2.45) is 0 Å². The number of ether oxygens (including phenoxy) is 1. The predicted octanol–water partition coefficient (Wildman–Crippen LogP) is 3.13. The Balaban J connectivity index is 1.52. The molecular weight excluding hydrogens is 318 g/mol. The predicted molar refractivity (Wildman–Crippen MR) is 92.8 cm³/mol. The van der Waals surface area contributed by atoms with Gasteiger partial charge in [0.15, 0.2) is 5.69 Å². The fraction of sp³-hybridized carbons (Fsp3) is 0.158. The number of benzene rings is 2. The van der Waals surface area contributed by atoms with Crippen molar-refractivity contribution in [3.8, 4) is 5.75 Å². The number of hydrogen-bond acceptors (Lipinski definition) is 4. The standard InChI is InChI=1S/C19H17N3O3/c23-19(24)17-11-22-10-14-6-7-15(8-16(14)20-9-18(22)21-17)25-12-13-4-2-1-3-5-13/h1-8,11,20H,9-10,12H2,(H,23,24). The van der Waals surface area contributed by atoms with E-state index in [4.69, 9.17) is 9.84 Å². The highest BCUT2D eigenvalue weighted by Gasteiger charge is 2.18. The van der Waals surface area contributed by atoms with Crippen LogP contribution in [0.4, 0.5) is 5.69 Å². The molecule has 1 aliphatic heterocycles. The molecular formula is C19H17N3O3. The second-order valence-electron chi connectivity index (χ2n) is 5.92. The lowest BCUT2D eigenvalue weighted by Crippen LogP contribution is -2.03. The van der Waals surface area contributed by atoms with Crippen LogP contribution in [0.1, 0.15) is 27.4 Å². The number of carbonyl (C=O) groups is 1. The van der Waals surface area contributed by atoms with E-state index in [-0.39, 0.29) is 5.69 Å². The first-order valence-corrected chi connectivity index (χ1v) is 8.02. The number of anilines is 1. The number of carboxylic acids is 1. The Morgan fingerprint density at radius 2 is 2.08 bits per heavy atom. The van der Waals surface area contributed by atoms with Crippen LogP contribution < -0.4 is 10.1 Å². The van der Waals surface area contributed by atoms with Gasteiger partial charge in [0, 0.05) is 18.0 Å². The zero-order chi connectivity index (χ0) is 17.2. The Bertz CT molecular complexity index is 919. The van der Waals surface area contributed by atoms with Crippen LogP contribution >= 0.6 is 0 Å². The number of nitrogens with one attached hydrogen (secondary N) is 1. The maximum atomic E-state index is 11.1. The van der Waals surface area contributed by atoms with E-state index in [1.165, 1.54) is 0 Å². The first-order valence-electron chi connectivity index (χ1n) is 8.02. The minimum atomic E-state index is -1.01. The van der Waals surface area contributed by atoms with Crippen LogP contribution in [0.2, 0.25) is 0 Å². The molecule has 0 unspecified atom stereocenters. The van der Waals surface area contributed by atoms with Gasteiger partial charge in [-0.2, -0.15) is 0 Å². The molecule has 126 valence electrons. The molecule has 0 amide bonds. The molecule has 6 nitrogen and oxygen atoms in total. The fourth-order valence-corrected chi connectivity index (χ4v) is 2.88. The second kappa shape index (κ2) is 6.32. The molecule has 25 heavy (non-hydrogen) atoms. The van der Waals surface area contributed by atoms with Gasteiger partial charge in [0.05, 0.1) is 13.1 Å². The van der Waals surface area contributed by atoms with Crippen molar-refractivity contribution < 1.29 is 14.6 Å². The first kappa shape index (κ1) is 15.3. The molecule has 0 saturated carbocycles. The minimum absolute atomic E-state index is 0.0723. The summed E-state index contributed by atoms with van der Waals surface area (Å²) in [5, 5.41) is 12.4. The van der Waals surface area contributed by atoms with Crippen molar-refractivity contribution in [2.45, 2.75) is 19.7 Å². The summed E-state index contributed by atoms with van der Waals surface area (Å²) in [6.07, 6.45) is 1.58. The maximum Gasteiger partial charge on any atom is 0.356 e. The lowest BCUT2D eigenvalue weighted by atomic mass is 10.1. The minimum Gasteiger partial charge on any atom is -0.489 e. The van der Waals surface area contributed by atoms with Crippen molar-refractivity contribution in [2.75, 3.05) is 5.32 Å². The molecule has 4 rings (SSSR count). The number of rotatable bonds is 4. The highest BCUT2D eigenvalue weighted by molar-refractivity contribution is 5.85. The third kappa shape index (κ3) is 3.19. The molecule has 1 aliphatic rings. The first-order chi connectivity index (χ1) is 12.2. The SMILES string of the molecule is O=C(O)c1cn2c(n1)CNc1cc(OCc3ccccc3)ccc1C2. The van der Waals surface area contributed by atoms with Crippen molar-refractivity contribution in [3.63, 3.8) is 0 Å². The smallest absolute Gasteiger partial charge is 0.356 e. The lowest BCUT2D eigenvalue weighted by Gasteiger charge is -2.11. The van der Waals surface area contributed by atoms with Gasteiger partial charge in [-0.15, -0.1) is 0 Å².